The van der Waals surface area contributed by atoms with E-state index in [4.69, 9.17) is 33.5 Å². The smallest absolute Gasteiger partial charge is 0.488 e. The zero-order valence-electron chi connectivity index (χ0n) is 38.5. The first-order chi connectivity index (χ1) is 30.5. The monoisotopic (exact) mass is 894 g/mol. The Bertz CT molecular complexity index is 2250. The highest BCUT2D eigenvalue weighted by Crippen LogP contribution is 2.45. The predicted octanol–water partition coefficient (Wildman–Crippen LogP) is 6.16. The summed E-state index contributed by atoms with van der Waals surface area (Å²) in [5.74, 6) is -1.69. The number of ether oxygens (including phenoxy) is 6. The Balaban J connectivity index is 0.00000291. The minimum atomic E-state index is -4.23. The molecule has 0 atom stereocenters. The molecule has 64 heavy (non-hydrogen) atoms. The van der Waals surface area contributed by atoms with Crippen molar-refractivity contribution in [2.24, 2.45) is 0 Å². The number of benzene rings is 2. The fraction of sp³-hybridized carbons (Fsp3) is 0.457. The highest BCUT2D eigenvalue weighted by Gasteiger charge is 2.55. The van der Waals surface area contributed by atoms with Gasteiger partial charge in [-0.1, -0.05) is 12.1 Å². The van der Waals surface area contributed by atoms with Crippen molar-refractivity contribution in [1.29, 1.82) is 0 Å². The first kappa shape index (κ1) is 50.5. The number of aliphatic hydroxyl groups is 1. The van der Waals surface area contributed by atoms with E-state index in [1.807, 2.05) is 13.0 Å². The average Bonchev–Trinajstić information content (AvgIpc) is 3.70. The molecular weight excluding hydrogens is 833 g/mol. The van der Waals surface area contributed by atoms with Gasteiger partial charge in [0.05, 0.1) is 43.4 Å². The number of halogens is 2. The number of hydrogen-bond donors (Lipinski definition) is 1. The number of fused-ring (bicyclic) bond motifs is 2. The van der Waals surface area contributed by atoms with Crippen LogP contribution in [0, 0.1) is 20.8 Å². The maximum atomic E-state index is 16.5. The minimum absolute atomic E-state index is 0.0455. The normalized spacial score (nSPS) is 13.5. The van der Waals surface area contributed by atoms with Gasteiger partial charge in [0.15, 0.2) is 5.70 Å². The molecule has 0 amide bonds. The van der Waals surface area contributed by atoms with E-state index in [9.17, 15) is 19.2 Å². The summed E-state index contributed by atoms with van der Waals surface area (Å²) in [4.78, 5) is 54.1. The lowest BCUT2D eigenvalue weighted by atomic mass is 9.83. The number of carbonyl (C=O) groups is 4. The maximum absolute atomic E-state index is 16.5. The molecule has 2 aliphatic heterocycles. The molecule has 2 aliphatic rings. The van der Waals surface area contributed by atoms with Crippen LogP contribution in [-0.4, -0.2) is 123 Å². The molecule has 15 nitrogen and oxygen atoms in total. The molecule has 0 bridgehead atoms. The van der Waals surface area contributed by atoms with Gasteiger partial charge in [0.2, 0.25) is 0 Å². The number of rotatable bonds is 20. The average molecular weight is 895 g/mol. The Morgan fingerprint density at radius 2 is 1.11 bits per heavy atom. The number of anilines is 2. The second-order valence-corrected chi connectivity index (χ2v) is 14.9. The summed E-state index contributed by atoms with van der Waals surface area (Å²) in [7, 11) is 0. The number of aliphatic hydroxyl groups excluding tert-OH is 1. The van der Waals surface area contributed by atoms with E-state index >= 15 is 8.63 Å². The number of esters is 4. The molecule has 0 saturated heterocycles. The van der Waals surface area contributed by atoms with Gasteiger partial charge in [0, 0.05) is 30.9 Å². The van der Waals surface area contributed by atoms with E-state index < -0.39 is 30.8 Å². The van der Waals surface area contributed by atoms with Crippen molar-refractivity contribution in [3.8, 4) is 11.5 Å². The molecule has 1 aromatic heterocycles. The van der Waals surface area contributed by atoms with Gasteiger partial charge in [-0.15, -0.1) is 0 Å². The van der Waals surface area contributed by atoms with Crippen LogP contribution in [0.1, 0.15) is 76.5 Å². The summed E-state index contributed by atoms with van der Waals surface area (Å²) < 4.78 is 68.8. The van der Waals surface area contributed by atoms with Crippen molar-refractivity contribution in [2.45, 2.75) is 69.2 Å². The second kappa shape index (κ2) is 23.0. The van der Waals surface area contributed by atoms with Crippen molar-refractivity contribution >= 4 is 53.5 Å². The number of nitrogens with zero attached hydrogens (tertiary/aromatic N) is 4. The van der Waals surface area contributed by atoms with E-state index in [2.05, 4.69) is 0 Å². The zero-order chi connectivity index (χ0) is 47.3. The molecule has 3 heterocycles. The van der Waals surface area contributed by atoms with Gasteiger partial charge in [-0.05, 0) is 115 Å². The molecule has 5 rings (SSSR count). The van der Waals surface area contributed by atoms with E-state index in [1.54, 1.807) is 105 Å². The first-order valence-corrected chi connectivity index (χ1v) is 21.5. The van der Waals surface area contributed by atoms with Crippen LogP contribution in [0.15, 0.2) is 59.8 Å². The SMILES string of the molecule is CCO.CCOC(=O)CN(CC(=O)OCC)c1ccc(C)cc1OCCOc1cc(C2=C3C(C)=CC(C)=[N+]3[B-](F)(F)n3c(C)cc(C)c32)ccc1N(CC(=O)OCC)CC(=O)OCC. The summed E-state index contributed by atoms with van der Waals surface area (Å²) in [5, 5.41) is 7.57. The molecular formula is C46H61BF2N4O11. The fourth-order valence-electron chi connectivity index (χ4n) is 7.82. The highest BCUT2D eigenvalue weighted by molar-refractivity contribution is 6.58. The van der Waals surface area contributed by atoms with E-state index in [0.29, 0.717) is 62.2 Å². The van der Waals surface area contributed by atoms with E-state index in [0.717, 1.165) is 14.5 Å². The lowest BCUT2D eigenvalue weighted by Gasteiger charge is -2.34. The van der Waals surface area contributed by atoms with Crippen LogP contribution < -0.4 is 19.3 Å². The molecule has 3 aromatic rings. The Morgan fingerprint density at radius 3 is 1.56 bits per heavy atom. The van der Waals surface area contributed by atoms with Crippen LogP contribution in [0.25, 0.3) is 5.57 Å². The first-order valence-electron chi connectivity index (χ1n) is 21.5. The number of hydrogen-bond acceptors (Lipinski definition) is 13. The van der Waals surface area contributed by atoms with Crippen molar-refractivity contribution in [2.75, 3.05) is 82.2 Å². The Hall–Kier alpha value is -6.17. The van der Waals surface area contributed by atoms with Crippen LogP contribution in [0.4, 0.5) is 20.0 Å². The van der Waals surface area contributed by atoms with Crippen LogP contribution in [0.2, 0.25) is 0 Å². The van der Waals surface area contributed by atoms with Gasteiger partial charge in [0.1, 0.15) is 56.6 Å². The number of aromatic nitrogens is 1. The quantitative estimate of drug-likeness (QED) is 0.0596. The van der Waals surface area contributed by atoms with Crippen LogP contribution >= 0.6 is 0 Å². The predicted molar refractivity (Wildman–Crippen MR) is 240 cm³/mol. The molecule has 1 N–H and O–H groups in total. The Morgan fingerprint density at radius 1 is 0.672 bits per heavy atom. The summed E-state index contributed by atoms with van der Waals surface area (Å²) in [6, 6.07) is 12.2. The van der Waals surface area contributed by atoms with Crippen molar-refractivity contribution < 1.29 is 65.8 Å². The molecule has 0 radical (unpaired) electrons. The highest BCUT2D eigenvalue weighted by atomic mass is 19.2. The van der Waals surface area contributed by atoms with Crippen molar-refractivity contribution in [3.05, 3.63) is 87.9 Å². The molecule has 0 aliphatic carbocycles. The van der Waals surface area contributed by atoms with Crippen LogP contribution in [-0.2, 0) is 38.1 Å². The van der Waals surface area contributed by atoms with Gasteiger partial charge in [-0.3, -0.25) is 19.2 Å². The third-order valence-corrected chi connectivity index (χ3v) is 10.1. The lowest BCUT2D eigenvalue weighted by Crippen LogP contribution is -2.51. The molecule has 0 fully saturated rings. The topological polar surface area (TPSA) is 158 Å². The molecule has 0 spiro atoms. The standard InChI is InChI=1S/C44H55BF2N4O10.C2H6O/c1-10-56-38(52)24-48(25-39(53)57-11-2)34-16-14-28(5)20-36(34)60-18-19-61-37-23-33(15-17-35(37)49(26-40(54)58-12-3)27-41(55)59-13-4)42-43-29(6)21-31(8)50(43)45(46,47)51-32(9)22-30(7)44(42)51;1-2-3/h14-17,20-23H,10-13,18-19,24-27H2,1-9H3;3H,2H2,1H3. The minimum Gasteiger partial charge on any atom is -0.488 e. The van der Waals surface area contributed by atoms with Gasteiger partial charge in [0.25, 0.3) is 0 Å². The van der Waals surface area contributed by atoms with Gasteiger partial charge in [-0.2, -0.15) is 0 Å². The fourth-order valence-corrected chi connectivity index (χ4v) is 7.82. The molecule has 18 heteroatoms. The van der Waals surface area contributed by atoms with Gasteiger partial charge < -0.3 is 60.9 Å². The van der Waals surface area contributed by atoms with Crippen molar-refractivity contribution in [1.82, 2.24) is 4.48 Å². The van der Waals surface area contributed by atoms with Crippen molar-refractivity contribution in [3.63, 3.8) is 0 Å². The zero-order valence-corrected chi connectivity index (χ0v) is 38.5. The largest absolute Gasteiger partial charge is 0.737 e. The molecule has 2 aromatic carbocycles. The molecule has 0 saturated carbocycles. The maximum Gasteiger partial charge on any atom is 0.737 e. The number of aryl methyl sites for hydroxylation is 3. The van der Waals surface area contributed by atoms with Gasteiger partial charge >= 0.3 is 30.8 Å². The second-order valence-electron chi connectivity index (χ2n) is 14.9. The Labute approximate surface area is 373 Å². The summed E-state index contributed by atoms with van der Waals surface area (Å²) >= 11 is 0. The summed E-state index contributed by atoms with van der Waals surface area (Å²) in [6.45, 7) is 12.5. The number of allylic oxidation sites excluding steroid dienone is 2. The van der Waals surface area contributed by atoms with E-state index in [-0.39, 0.29) is 78.2 Å². The third-order valence-electron chi connectivity index (χ3n) is 10.1. The molecule has 0 unspecified atom stereocenters. The van der Waals surface area contributed by atoms with Gasteiger partial charge in [-0.25, -0.2) is 0 Å². The third kappa shape index (κ3) is 11.9. The summed E-state index contributed by atoms with van der Waals surface area (Å²) in [5.41, 5.74) is 5.63. The van der Waals surface area contributed by atoms with E-state index in [1.165, 1.54) is 9.80 Å². The van der Waals surface area contributed by atoms with Crippen LogP contribution in [0.5, 0.6) is 11.5 Å². The summed E-state index contributed by atoms with van der Waals surface area (Å²) in [6.07, 6.45) is 1.74. The number of carbonyl (C=O) groups excluding carboxylic acids is 4. The van der Waals surface area contributed by atoms with Crippen LogP contribution in [0.3, 0.4) is 0 Å². The molecule has 348 valence electrons. The lowest BCUT2D eigenvalue weighted by molar-refractivity contribution is -0.363. The Kier molecular flexibility index (Phi) is 18.1.